The Balaban J connectivity index is 1.87. The Morgan fingerprint density at radius 3 is 2.33 bits per heavy atom. The first-order chi connectivity index (χ1) is 11.4. The maximum absolute atomic E-state index is 12.0. The van der Waals surface area contributed by atoms with E-state index in [0.29, 0.717) is 11.3 Å². The summed E-state index contributed by atoms with van der Waals surface area (Å²) in [4.78, 5) is 13.5. The third-order valence-corrected chi connectivity index (χ3v) is 4.59. The molecule has 2 N–H and O–H groups in total. The Bertz CT molecular complexity index is 859. The van der Waals surface area contributed by atoms with Crippen LogP contribution in [0.25, 0.3) is 0 Å². The highest BCUT2D eigenvalue weighted by molar-refractivity contribution is 9.10. The average Bonchev–Trinajstić information content (AvgIpc) is 2.59. The molecule has 0 aromatic heterocycles. The molecular weight excluding hydrogens is 398 g/mol. The van der Waals surface area contributed by atoms with E-state index in [-0.39, 0.29) is 11.5 Å². The lowest BCUT2D eigenvalue weighted by molar-refractivity contribution is -0.123. The predicted octanol–water partition coefficient (Wildman–Crippen LogP) is 1.71. The van der Waals surface area contributed by atoms with Crippen LogP contribution in [-0.4, -0.2) is 20.9 Å². The maximum atomic E-state index is 12.0. The van der Waals surface area contributed by atoms with Gasteiger partial charge in [-0.15, -0.1) is 4.83 Å². The van der Waals surface area contributed by atoms with Gasteiger partial charge in [0.2, 0.25) is 0 Å². The predicted molar refractivity (Wildman–Crippen MR) is 89.3 cm³/mol. The van der Waals surface area contributed by atoms with Gasteiger partial charge >= 0.3 is 0 Å². The Hall–Kier alpha value is -2.41. The zero-order valence-electron chi connectivity index (χ0n) is 12.2. The van der Waals surface area contributed by atoms with Gasteiger partial charge in [0.05, 0.1) is 16.5 Å². The fraction of sp³-hybridized carbons (Fsp3) is 0.0667. The summed E-state index contributed by atoms with van der Waals surface area (Å²) >= 11 is 3.27. The molecule has 0 aliphatic rings. The van der Waals surface area contributed by atoms with E-state index < -0.39 is 15.9 Å². The minimum atomic E-state index is -3.92. The van der Waals surface area contributed by atoms with Crippen LogP contribution in [0.4, 0.5) is 0 Å². The van der Waals surface area contributed by atoms with Crippen LogP contribution in [0.2, 0.25) is 0 Å². The Labute approximate surface area is 147 Å². The van der Waals surface area contributed by atoms with Crippen molar-refractivity contribution >= 4 is 31.9 Å². The molecule has 0 saturated heterocycles. The van der Waals surface area contributed by atoms with Gasteiger partial charge in [-0.25, -0.2) is 8.42 Å². The van der Waals surface area contributed by atoms with Crippen molar-refractivity contribution in [2.45, 2.75) is 4.90 Å². The summed E-state index contributed by atoms with van der Waals surface area (Å²) in [6, 6.07) is 14.0. The Morgan fingerprint density at radius 1 is 1.12 bits per heavy atom. The zero-order chi connectivity index (χ0) is 17.6. The standard InChI is InChI=1S/C15H12BrN3O4S/c16-12-3-5-13(6-4-12)23-10-15(20)18-19-24(21,22)14-7-1-11(9-17)2-8-14/h1-8,19H,10H2,(H,18,20). The molecule has 2 aromatic rings. The lowest BCUT2D eigenvalue weighted by atomic mass is 10.2. The Morgan fingerprint density at radius 2 is 1.75 bits per heavy atom. The van der Waals surface area contributed by atoms with Crippen LogP contribution in [0.5, 0.6) is 5.75 Å². The van der Waals surface area contributed by atoms with Gasteiger partial charge in [0.25, 0.3) is 15.9 Å². The molecule has 0 heterocycles. The molecule has 0 unspecified atom stereocenters. The first-order valence-electron chi connectivity index (χ1n) is 6.60. The van der Waals surface area contributed by atoms with Crippen molar-refractivity contribution in [3.8, 4) is 11.8 Å². The summed E-state index contributed by atoms with van der Waals surface area (Å²) in [6.07, 6.45) is 0. The monoisotopic (exact) mass is 409 g/mol. The van der Waals surface area contributed by atoms with E-state index in [1.807, 2.05) is 10.9 Å². The van der Waals surface area contributed by atoms with Crippen LogP contribution in [0.3, 0.4) is 0 Å². The number of benzene rings is 2. The molecule has 24 heavy (non-hydrogen) atoms. The molecule has 2 rings (SSSR count). The van der Waals surface area contributed by atoms with Gasteiger partial charge in [-0.3, -0.25) is 10.2 Å². The van der Waals surface area contributed by atoms with E-state index in [2.05, 4.69) is 21.4 Å². The molecule has 0 atom stereocenters. The van der Waals surface area contributed by atoms with Crippen molar-refractivity contribution in [1.29, 1.82) is 5.26 Å². The smallest absolute Gasteiger partial charge is 0.272 e. The van der Waals surface area contributed by atoms with Crippen LogP contribution >= 0.6 is 15.9 Å². The van der Waals surface area contributed by atoms with Crippen LogP contribution in [0.15, 0.2) is 57.9 Å². The minimum Gasteiger partial charge on any atom is -0.484 e. The molecule has 7 nitrogen and oxygen atoms in total. The van der Waals surface area contributed by atoms with Crippen LogP contribution < -0.4 is 15.0 Å². The van der Waals surface area contributed by atoms with Crippen LogP contribution in [-0.2, 0) is 14.8 Å². The molecule has 124 valence electrons. The highest BCUT2D eigenvalue weighted by Crippen LogP contribution is 2.15. The van der Waals surface area contributed by atoms with Crippen molar-refractivity contribution in [3.05, 3.63) is 58.6 Å². The van der Waals surface area contributed by atoms with E-state index >= 15 is 0 Å². The van der Waals surface area contributed by atoms with Gasteiger partial charge in [0.1, 0.15) is 5.75 Å². The molecule has 0 spiro atoms. The number of halogens is 1. The molecule has 0 bridgehead atoms. The number of nitrogens with zero attached hydrogens (tertiary/aromatic N) is 1. The summed E-state index contributed by atoms with van der Waals surface area (Å²) in [7, 11) is -3.92. The van der Waals surface area contributed by atoms with Gasteiger partial charge in [0, 0.05) is 4.47 Å². The fourth-order valence-electron chi connectivity index (χ4n) is 1.61. The lowest BCUT2D eigenvalue weighted by Crippen LogP contribution is -2.43. The van der Waals surface area contributed by atoms with Crippen LogP contribution in [0.1, 0.15) is 5.56 Å². The zero-order valence-corrected chi connectivity index (χ0v) is 14.6. The highest BCUT2D eigenvalue weighted by Gasteiger charge is 2.15. The number of carbonyl (C=O) groups is 1. The lowest BCUT2D eigenvalue weighted by Gasteiger charge is -2.09. The van der Waals surface area contributed by atoms with E-state index in [9.17, 15) is 13.2 Å². The summed E-state index contributed by atoms with van der Waals surface area (Å²) in [6.45, 7) is -0.350. The highest BCUT2D eigenvalue weighted by atomic mass is 79.9. The molecule has 0 aliphatic heterocycles. The number of nitrogens with one attached hydrogen (secondary N) is 2. The molecule has 0 radical (unpaired) electrons. The average molecular weight is 410 g/mol. The topological polar surface area (TPSA) is 108 Å². The van der Waals surface area contributed by atoms with Gasteiger partial charge < -0.3 is 4.74 Å². The summed E-state index contributed by atoms with van der Waals surface area (Å²) in [5.74, 6) is -0.182. The second-order valence-electron chi connectivity index (χ2n) is 4.53. The quantitative estimate of drug-likeness (QED) is 0.705. The summed E-state index contributed by atoms with van der Waals surface area (Å²) in [5, 5.41) is 8.69. The van der Waals surface area contributed by atoms with E-state index in [0.717, 1.165) is 4.47 Å². The van der Waals surface area contributed by atoms with Gasteiger partial charge in [0.15, 0.2) is 6.61 Å². The van der Waals surface area contributed by atoms with Crippen molar-refractivity contribution in [1.82, 2.24) is 10.3 Å². The number of nitriles is 1. The third-order valence-electron chi connectivity index (χ3n) is 2.80. The molecule has 9 heteroatoms. The number of carbonyl (C=O) groups excluding carboxylic acids is 1. The van der Waals surface area contributed by atoms with Crippen molar-refractivity contribution in [2.24, 2.45) is 0 Å². The van der Waals surface area contributed by atoms with Crippen molar-refractivity contribution < 1.29 is 17.9 Å². The van der Waals surface area contributed by atoms with E-state index in [1.54, 1.807) is 24.3 Å². The summed E-state index contributed by atoms with van der Waals surface area (Å²) in [5.41, 5.74) is 2.39. The number of sulfonamides is 1. The third kappa shape index (κ3) is 5.06. The number of hydrogen-bond acceptors (Lipinski definition) is 5. The molecular formula is C15H12BrN3O4S. The number of amides is 1. The number of hydrazine groups is 1. The van der Waals surface area contributed by atoms with Gasteiger partial charge in [-0.1, -0.05) is 15.9 Å². The number of rotatable bonds is 6. The molecule has 0 saturated carbocycles. The second-order valence-corrected chi connectivity index (χ2v) is 7.13. The summed E-state index contributed by atoms with van der Waals surface area (Å²) < 4.78 is 30.1. The van der Waals surface area contributed by atoms with Gasteiger partial charge in [-0.05, 0) is 48.5 Å². The molecule has 0 fully saturated rings. The first-order valence-corrected chi connectivity index (χ1v) is 8.87. The minimum absolute atomic E-state index is 0.0735. The number of hydrogen-bond donors (Lipinski definition) is 2. The van der Waals surface area contributed by atoms with Gasteiger partial charge in [-0.2, -0.15) is 5.26 Å². The SMILES string of the molecule is N#Cc1ccc(S(=O)(=O)NNC(=O)COc2ccc(Br)cc2)cc1. The molecule has 2 aromatic carbocycles. The molecule has 1 amide bonds. The Kier molecular flexibility index (Phi) is 5.92. The van der Waals surface area contributed by atoms with Crippen molar-refractivity contribution in [2.75, 3.05) is 6.61 Å². The second kappa shape index (κ2) is 7.92. The van der Waals surface area contributed by atoms with Crippen molar-refractivity contribution in [3.63, 3.8) is 0 Å². The normalized spacial score (nSPS) is 10.7. The van der Waals surface area contributed by atoms with Crippen LogP contribution in [0, 0.1) is 11.3 Å². The van der Waals surface area contributed by atoms with E-state index in [4.69, 9.17) is 10.00 Å². The molecule has 0 aliphatic carbocycles. The maximum Gasteiger partial charge on any atom is 0.272 e. The van der Waals surface area contributed by atoms with E-state index in [1.165, 1.54) is 24.3 Å². The fourth-order valence-corrected chi connectivity index (χ4v) is 2.73. The largest absolute Gasteiger partial charge is 0.484 e. The number of ether oxygens (including phenoxy) is 1. The first kappa shape index (κ1) is 17.9.